The molecule has 12 heteroatoms. The predicted octanol–water partition coefficient (Wildman–Crippen LogP) is 5.88. The number of amides is 2. The number of carbonyl (C=O) groups excluding carboxylic acids is 1. The van der Waals surface area contributed by atoms with Crippen LogP contribution in [0.5, 0.6) is 11.6 Å². The molecule has 0 unspecified atom stereocenters. The Hall–Kier alpha value is -4.42. The van der Waals surface area contributed by atoms with Crippen LogP contribution in [-0.4, -0.2) is 57.0 Å². The van der Waals surface area contributed by atoms with Crippen molar-refractivity contribution in [1.82, 2.24) is 9.97 Å². The quantitative estimate of drug-likeness (QED) is 0.238. The molecule has 226 valence electrons. The first-order valence-electron chi connectivity index (χ1n) is 13.9. The maximum absolute atomic E-state index is 13.3. The van der Waals surface area contributed by atoms with E-state index in [4.69, 9.17) is 9.47 Å². The second-order valence-electron chi connectivity index (χ2n) is 11.5. The number of hydrogen-bond donors (Lipinski definition) is 3. The zero-order chi connectivity index (χ0) is 30.8. The Bertz CT molecular complexity index is 1760. The van der Waals surface area contributed by atoms with Crippen molar-refractivity contribution in [2.75, 3.05) is 52.8 Å². The number of nitrogens with one attached hydrogen (secondary N) is 3. The molecule has 43 heavy (non-hydrogen) atoms. The second kappa shape index (κ2) is 12.1. The zero-order valence-corrected chi connectivity index (χ0v) is 25.7. The number of ether oxygens (including phenoxy) is 2. The summed E-state index contributed by atoms with van der Waals surface area (Å²) < 4.78 is 38.2. The molecular formula is C31H36N6O5S. The highest BCUT2D eigenvalue weighted by molar-refractivity contribution is 7.92. The van der Waals surface area contributed by atoms with Crippen LogP contribution < -0.4 is 25.0 Å². The summed E-state index contributed by atoms with van der Waals surface area (Å²) in [6.07, 6.45) is 2.77. The second-order valence-corrected chi connectivity index (χ2v) is 13.2. The lowest BCUT2D eigenvalue weighted by Crippen LogP contribution is -2.37. The summed E-state index contributed by atoms with van der Waals surface area (Å²) in [5.74, 6) is 1.58. The molecule has 0 saturated carbocycles. The summed E-state index contributed by atoms with van der Waals surface area (Å²) in [5, 5.41) is 7.41. The van der Waals surface area contributed by atoms with Gasteiger partial charge in [0.1, 0.15) is 5.75 Å². The van der Waals surface area contributed by atoms with Crippen LogP contribution in [0.15, 0.2) is 60.8 Å². The van der Waals surface area contributed by atoms with Gasteiger partial charge >= 0.3 is 6.03 Å². The van der Waals surface area contributed by atoms with Gasteiger partial charge in [-0.15, -0.1) is 0 Å². The van der Waals surface area contributed by atoms with Crippen LogP contribution in [0, 0.1) is 6.92 Å². The van der Waals surface area contributed by atoms with Crippen LogP contribution in [0.1, 0.15) is 31.9 Å². The number of carbonyl (C=O) groups is 1. The zero-order valence-electron chi connectivity index (χ0n) is 24.9. The van der Waals surface area contributed by atoms with Crippen LogP contribution in [0.3, 0.4) is 0 Å². The highest BCUT2D eigenvalue weighted by atomic mass is 32.2. The van der Waals surface area contributed by atoms with Gasteiger partial charge in [-0.3, -0.25) is 4.72 Å². The fourth-order valence-corrected chi connectivity index (χ4v) is 5.36. The van der Waals surface area contributed by atoms with Crippen LogP contribution in [-0.2, 0) is 20.2 Å². The summed E-state index contributed by atoms with van der Waals surface area (Å²) in [5.41, 5.74) is 2.68. The minimum absolute atomic E-state index is 0.285. The smallest absolute Gasteiger partial charge is 0.323 e. The van der Waals surface area contributed by atoms with Gasteiger partial charge in [0.2, 0.25) is 21.9 Å². The van der Waals surface area contributed by atoms with E-state index in [1.165, 1.54) is 0 Å². The Morgan fingerprint density at radius 1 is 0.953 bits per heavy atom. The number of hydrogen-bond acceptors (Lipinski definition) is 8. The minimum atomic E-state index is -3.52. The fourth-order valence-electron chi connectivity index (χ4n) is 4.75. The predicted molar refractivity (Wildman–Crippen MR) is 170 cm³/mol. The Morgan fingerprint density at radius 3 is 2.33 bits per heavy atom. The molecule has 0 spiro atoms. The number of rotatable bonds is 7. The standard InChI is InChI=1S/C31H36N6O5S/c1-20-25(18-21(31(2,3)4)19-26(20)36-43(5,39)40)34-30(38)33-24-10-11-27(23-9-7-6-8-22(23)24)42-28-12-13-32-29(35-28)37-14-16-41-17-15-37/h6-13,18-19,36H,14-17H2,1-5H3,(H2,33,34,38). The lowest BCUT2D eigenvalue weighted by atomic mass is 9.85. The topological polar surface area (TPSA) is 135 Å². The number of anilines is 4. The van der Waals surface area contributed by atoms with Gasteiger partial charge in [0.25, 0.3) is 0 Å². The summed E-state index contributed by atoms with van der Waals surface area (Å²) in [4.78, 5) is 24.3. The summed E-state index contributed by atoms with van der Waals surface area (Å²) in [7, 11) is -3.52. The van der Waals surface area contributed by atoms with Crippen molar-refractivity contribution in [1.29, 1.82) is 0 Å². The van der Waals surface area contributed by atoms with Gasteiger partial charge in [-0.1, -0.05) is 45.0 Å². The van der Waals surface area contributed by atoms with Gasteiger partial charge in [0.15, 0.2) is 0 Å². The SMILES string of the molecule is Cc1c(NC(=O)Nc2ccc(Oc3ccnc(N4CCOCC4)n3)c3ccccc23)cc(C(C)(C)C)cc1NS(C)(=O)=O. The van der Waals surface area contributed by atoms with Crippen molar-refractivity contribution in [3.63, 3.8) is 0 Å². The Kier molecular flexibility index (Phi) is 8.43. The van der Waals surface area contributed by atoms with E-state index < -0.39 is 16.1 Å². The van der Waals surface area contributed by atoms with E-state index in [9.17, 15) is 13.2 Å². The molecule has 4 aromatic rings. The third kappa shape index (κ3) is 7.33. The van der Waals surface area contributed by atoms with Crippen molar-refractivity contribution >= 4 is 49.8 Å². The maximum Gasteiger partial charge on any atom is 0.323 e. The third-order valence-electron chi connectivity index (χ3n) is 7.08. The number of sulfonamides is 1. The molecule has 0 atom stereocenters. The molecule has 0 bridgehead atoms. The Morgan fingerprint density at radius 2 is 1.63 bits per heavy atom. The van der Waals surface area contributed by atoms with E-state index in [2.05, 4.69) is 30.2 Å². The minimum Gasteiger partial charge on any atom is -0.438 e. The number of urea groups is 1. The number of fused-ring (bicyclic) bond motifs is 1. The number of benzene rings is 3. The Balaban J connectivity index is 1.39. The average Bonchev–Trinajstić information content (AvgIpc) is 2.96. The monoisotopic (exact) mass is 604 g/mol. The van der Waals surface area contributed by atoms with Crippen molar-refractivity contribution < 1.29 is 22.7 Å². The molecule has 11 nitrogen and oxygen atoms in total. The van der Waals surface area contributed by atoms with Crippen LogP contribution in [0.25, 0.3) is 10.8 Å². The number of morpholine rings is 1. The van der Waals surface area contributed by atoms with Gasteiger partial charge in [-0.05, 0) is 47.7 Å². The average molecular weight is 605 g/mol. The molecule has 1 aliphatic rings. The third-order valence-corrected chi connectivity index (χ3v) is 7.67. The summed E-state index contributed by atoms with van der Waals surface area (Å²) in [6.45, 7) is 10.5. The molecule has 0 aliphatic carbocycles. The molecule has 1 saturated heterocycles. The lowest BCUT2D eigenvalue weighted by Gasteiger charge is -2.26. The highest BCUT2D eigenvalue weighted by Gasteiger charge is 2.21. The molecule has 1 aliphatic heterocycles. The molecule has 2 amide bonds. The van der Waals surface area contributed by atoms with E-state index in [1.807, 2.05) is 51.1 Å². The molecule has 3 N–H and O–H groups in total. The lowest BCUT2D eigenvalue weighted by molar-refractivity contribution is 0.122. The Labute approximate surface area is 251 Å². The van der Waals surface area contributed by atoms with E-state index in [0.717, 1.165) is 22.6 Å². The molecule has 0 radical (unpaired) electrons. The molecule has 1 fully saturated rings. The molecular weight excluding hydrogens is 568 g/mol. The maximum atomic E-state index is 13.3. The van der Waals surface area contributed by atoms with E-state index in [0.29, 0.717) is 66.5 Å². The molecule has 5 rings (SSSR count). The first-order valence-corrected chi connectivity index (χ1v) is 15.8. The van der Waals surface area contributed by atoms with Crippen LogP contribution in [0.4, 0.5) is 27.8 Å². The van der Waals surface area contributed by atoms with E-state index in [-0.39, 0.29) is 5.41 Å². The molecule has 2 heterocycles. The normalized spacial score (nSPS) is 13.9. The van der Waals surface area contributed by atoms with Crippen LogP contribution in [0.2, 0.25) is 0 Å². The van der Waals surface area contributed by atoms with Gasteiger partial charge < -0.3 is 25.0 Å². The van der Waals surface area contributed by atoms with Crippen molar-refractivity contribution in [2.45, 2.75) is 33.1 Å². The molecule has 1 aromatic heterocycles. The highest BCUT2D eigenvalue weighted by Crippen LogP contribution is 2.36. The fraction of sp³-hybridized carbons (Fsp3) is 0.323. The first-order chi connectivity index (χ1) is 20.4. The van der Waals surface area contributed by atoms with Crippen molar-refractivity contribution in [3.05, 3.63) is 71.9 Å². The number of aromatic nitrogens is 2. The summed E-state index contributed by atoms with van der Waals surface area (Å²) >= 11 is 0. The summed E-state index contributed by atoms with van der Waals surface area (Å²) in [6, 6.07) is 16.1. The van der Waals surface area contributed by atoms with E-state index >= 15 is 0 Å². The first kappa shape index (κ1) is 30.1. The van der Waals surface area contributed by atoms with Gasteiger partial charge in [0, 0.05) is 41.8 Å². The van der Waals surface area contributed by atoms with Gasteiger partial charge in [-0.25, -0.2) is 18.2 Å². The largest absolute Gasteiger partial charge is 0.438 e. The van der Waals surface area contributed by atoms with Gasteiger partial charge in [0.05, 0.1) is 30.8 Å². The molecule has 3 aromatic carbocycles. The van der Waals surface area contributed by atoms with Crippen LogP contribution >= 0.6 is 0 Å². The van der Waals surface area contributed by atoms with Crippen molar-refractivity contribution in [2.24, 2.45) is 0 Å². The van der Waals surface area contributed by atoms with Gasteiger partial charge in [-0.2, -0.15) is 4.98 Å². The van der Waals surface area contributed by atoms with Crippen molar-refractivity contribution in [3.8, 4) is 11.6 Å². The van der Waals surface area contributed by atoms with E-state index in [1.54, 1.807) is 37.4 Å². The number of nitrogens with zero attached hydrogens (tertiary/aromatic N) is 3.